The second-order valence-electron chi connectivity index (χ2n) is 4.08. The van der Waals surface area contributed by atoms with Crippen molar-refractivity contribution < 1.29 is 0 Å². The summed E-state index contributed by atoms with van der Waals surface area (Å²) in [6.45, 7) is 2.07. The van der Waals surface area contributed by atoms with Gasteiger partial charge < -0.3 is 0 Å². The second-order valence-corrected chi connectivity index (χ2v) is 5.39. The number of aromatic nitrogens is 4. The lowest BCUT2D eigenvalue weighted by molar-refractivity contribution is 0.940. The maximum Gasteiger partial charge on any atom is 0.160 e. The number of rotatable bonds is 2. The van der Waals surface area contributed by atoms with E-state index in [-0.39, 0.29) is 0 Å². The maximum atomic E-state index is 6.24. The summed E-state index contributed by atoms with van der Waals surface area (Å²) in [6.07, 6.45) is 4.41. The van der Waals surface area contributed by atoms with Crippen LogP contribution in [0.3, 0.4) is 0 Å². The minimum Gasteiger partial charge on any atom is -0.253 e. The topological polar surface area (TPSA) is 43.1 Å². The molecule has 3 rings (SSSR count). The van der Waals surface area contributed by atoms with Gasteiger partial charge in [-0.15, -0.1) is 0 Å². The van der Waals surface area contributed by atoms with Gasteiger partial charge in [0.1, 0.15) is 5.15 Å². The highest BCUT2D eigenvalue weighted by Crippen LogP contribution is 2.23. The Morgan fingerprint density at radius 3 is 2.79 bits per heavy atom. The van der Waals surface area contributed by atoms with Crippen molar-refractivity contribution in [1.29, 1.82) is 0 Å². The molecule has 19 heavy (non-hydrogen) atoms. The van der Waals surface area contributed by atoms with Crippen LogP contribution in [0.1, 0.15) is 12.5 Å². The second kappa shape index (κ2) is 4.90. The number of halogens is 2. The summed E-state index contributed by atoms with van der Waals surface area (Å²) in [5, 5.41) is 4.76. The molecule has 0 bridgehead atoms. The van der Waals surface area contributed by atoms with E-state index in [1.807, 2.05) is 12.1 Å². The van der Waals surface area contributed by atoms with E-state index in [4.69, 9.17) is 11.6 Å². The molecule has 4 nitrogen and oxygen atoms in total. The lowest BCUT2D eigenvalue weighted by atomic mass is 10.2. The lowest BCUT2D eigenvalue weighted by Crippen LogP contribution is -1.96. The van der Waals surface area contributed by atoms with Gasteiger partial charge in [0, 0.05) is 22.3 Å². The van der Waals surface area contributed by atoms with Crippen LogP contribution < -0.4 is 0 Å². The number of nitrogens with zero attached hydrogens (tertiary/aromatic N) is 4. The first kappa shape index (κ1) is 12.6. The third-order valence-corrected chi connectivity index (χ3v) is 3.61. The Morgan fingerprint density at radius 2 is 2.11 bits per heavy atom. The molecule has 0 aliphatic carbocycles. The zero-order valence-corrected chi connectivity index (χ0v) is 12.5. The van der Waals surface area contributed by atoms with Gasteiger partial charge in [0.15, 0.2) is 5.65 Å². The van der Waals surface area contributed by atoms with Gasteiger partial charge in [-0.3, -0.25) is 4.98 Å². The Labute approximate surface area is 123 Å². The largest absolute Gasteiger partial charge is 0.253 e. The van der Waals surface area contributed by atoms with Crippen LogP contribution in [0, 0.1) is 0 Å². The van der Waals surface area contributed by atoms with Gasteiger partial charge in [-0.25, -0.2) is 9.50 Å². The Bertz CT molecular complexity index is 736. The van der Waals surface area contributed by atoms with Crippen LogP contribution in [0.15, 0.2) is 35.1 Å². The van der Waals surface area contributed by atoms with Gasteiger partial charge in [0.2, 0.25) is 0 Å². The Hall–Kier alpha value is -1.46. The molecule has 0 aromatic carbocycles. The average Bonchev–Trinajstić information content (AvgIpc) is 2.83. The Kier molecular flexibility index (Phi) is 3.24. The van der Waals surface area contributed by atoms with Crippen molar-refractivity contribution in [3.63, 3.8) is 0 Å². The van der Waals surface area contributed by atoms with Crippen molar-refractivity contribution in [2.24, 2.45) is 0 Å². The number of hydrogen-bond donors (Lipinski definition) is 0. The first-order valence-corrected chi connectivity index (χ1v) is 7.01. The normalized spacial score (nSPS) is 11.1. The van der Waals surface area contributed by atoms with E-state index < -0.39 is 0 Å². The lowest BCUT2D eigenvalue weighted by Gasteiger charge is -2.04. The standard InChI is InChI=1S/C13H10BrClN4/c1-2-8-6-17-19-12(15)5-11(18-13(8)19)10-4-3-9(14)7-16-10/h3-7H,2H2,1H3. The molecule has 0 saturated heterocycles. The number of aryl methyl sites for hydroxylation is 1. The highest BCUT2D eigenvalue weighted by Gasteiger charge is 2.11. The van der Waals surface area contributed by atoms with Gasteiger partial charge in [-0.2, -0.15) is 5.10 Å². The molecule has 0 N–H and O–H groups in total. The third kappa shape index (κ3) is 2.24. The molecule has 0 unspecified atom stereocenters. The van der Waals surface area contributed by atoms with Gasteiger partial charge in [0.25, 0.3) is 0 Å². The fourth-order valence-corrected chi connectivity index (χ4v) is 2.34. The van der Waals surface area contributed by atoms with Gasteiger partial charge in [-0.05, 0) is 34.5 Å². The monoisotopic (exact) mass is 336 g/mol. The molecule has 6 heteroatoms. The van der Waals surface area contributed by atoms with E-state index >= 15 is 0 Å². The zero-order valence-electron chi connectivity index (χ0n) is 10.1. The quantitative estimate of drug-likeness (QED) is 0.669. The van der Waals surface area contributed by atoms with Crippen molar-refractivity contribution in [3.8, 4) is 11.4 Å². The molecule has 0 fully saturated rings. The highest BCUT2D eigenvalue weighted by atomic mass is 79.9. The van der Waals surface area contributed by atoms with E-state index in [0.29, 0.717) is 5.15 Å². The van der Waals surface area contributed by atoms with E-state index in [2.05, 4.69) is 37.9 Å². The van der Waals surface area contributed by atoms with Crippen molar-refractivity contribution in [3.05, 3.63) is 45.8 Å². The fraction of sp³-hybridized carbons (Fsp3) is 0.154. The highest BCUT2D eigenvalue weighted by molar-refractivity contribution is 9.10. The molecule has 0 radical (unpaired) electrons. The summed E-state index contributed by atoms with van der Waals surface area (Å²) in [6, 6.07) is 5.61. The van der Waals surface area contributed by atoms with E-state index in [0.717, 1.165) is 33.5 Å². The molecule has 0 aliphatic heterocycles. The molecule has 3 aromatic rings. The summed E-state index contributed by atoms with van der Waals surface area (Å²) >= 11 is 9.60. The molecule has 0 aliphatic rings. The smallest absolute Gasteiger partial charge is 0.160 e. The first-order valence-electron chi connectivity index (χ1n) is 5.84. The van der Waals surface area contributed by atoms with Gasteiger partial charge >= 0.3 is 0 Å². The fourth-order valence-electron chi connectivity index (χ4n) is 1.88. The molecule has 0 saturated carbocycles. The van der Waals surface area contributed by atoms with Gasteiger partial charge in [-0.1, -0.05) is 18.5 Å². The molecular formula is C13H10BrClN4. The average molecular weight is 338 g/mol. The van der Waals surface area contributed by atoms with E-state index in [1.165, 1.54) is 0 Å². The number of fused-ring (bicyclic) bond motifs is 1. The number of hydrogen-bond acceptors (Lipinski definition) is 3. The van der Waals surface area contributed by atoms with Crippen molar-refractivity contribution in [2.45, 2.75) is 13.3 Å². The molecule has 0 amide bonds. The SMILES string of the molecule is CCc1cnn2c(Cl)cc(-c3ccc(Br)cn3)nc12. The molecular weight excluding hydrogens is 328 g/mol. The van der Waals surface area contributed by atoms with Crippen molar-refractivity contribution in [2.75, 3.05) is 0 Å². The van der Waals surface area contributed by atoms with Gasteiger partial charge in [0.05, 0.1) is 17.6 Å². The van der Waals surface area contributed by atoms with Crippen LogP contribution in [0.2, 0.25) is 5.15 Å². The van der Waals surface area contributed by atoms with Crippen LogP contribution in [-0.4, -0.2) is 19.6 Å². The molecule has 0 spiro atoms. The minimum absolute atomic E-state index is 0.532. The summed E-state index contributed by atoms with van der Waals surface area (Å²) in [4.78, 5) is 8.94. The summed E-state index contributed by atoms with van der Waals surface area (Å²) in [5.74, 6) is 0. The summed E-state index contributed by atoms with van der Waals surface area (Å²) in [7, 11) is 0. The Morgan fingerprint density at radius 1 is 1.26 bits per heavy atom. The predicted octanol–water partition coefficient (Wildman–Crippen LogP) is 3.77. The van der Waals surface area contributed by atoms with Crippen molar-refractivity contribution >= 4 is 33.2 Å². The molecule has 96 valence electrons. The maximum absolute atomic E-state index is 6.24. The molecule has 3 heterocycles. The van der Waals surface area contributed by atoms with Crippen molar-refractivity contribution in [1.82, 2.24) is 19.6 Å². The van der Waals surface area contributed by atoms with Crippen LogP contribution in [0.5, 0.6) is 0 Å². The van der Waals surface area contributed by atoms with Crippen LogP contribution in [0.25, 0.3) is 17.0 Å². The summed E-state index contributed by atoms with van der Waals surface area (Å²) < 4.78 is 2.57. The molecule has 3 aromatic heterocycles. The first-order chi connectivity index (χ1) is 9.19. The zero-order chi connectivity index (χ0) is 13.4. The van der Waals surface area contributed by atoms with E-state index in [1.54, 1.807) is 23.0 Å². The molecule has 0 atom stereocenters. The van der Waals surface area contributed by atoms with E-state index in [9.17, 15) is 0 Å². The number of pyridine rings is 1. The van der Waals surface area contributed by atoms with Crippen LogP contribution in [-0.2, 0) is 6.42 Å². The summed E-state index contributed by atoms with van der Waals surface area (Å²) in [5.41, 5.74) is 3.40. The van der Waals surface area contributed by atoms with Crippen LogP contribution >= 0.6 is 27.5 Å². The van der Waals surface area contributed by atoms with Crippen LogP contribution in [0.4, 0.5) is 0 Å². The third-order valence-electron chi connectivity index (χ3n) is 2.87. The predicted molar refractivity (Wildman–Crippen MR) is 78.3 cm³/mol. The minimum atomic E-state index is 0.532. The Balaban J connectivity index is 2.21.